The van der Waals surface area contributed by atoms with Gasteiger partial charge in [-0.15, -0.1) is 0 Å². The Kier molecular flexibility index (Phi) is 4.08. The number of fused-ring (bicyclic) bond motifs is 2. The van der Waals surface area contributed by atoms with Gasteiger partial charge in [-0.1, -0.05) is 40.3 Å². The highest BCUT2D eigenvalue weighted by molar-refractivity contribution is 5.47. The van der Waals surface area contributed by atoms with E-state index in [4.69, 9.17) is 4.74 Å². The number of aryl methyl sites for hydroxylation is 2. The Labute approximate surface area is 126 Å². The Morgan fingerprint density at radius 1 is 0.905 bits per heavy atom. The summed E-state index contributed by atoms with van der Waals surface area (Å²) in [6, 6.07) is 11.1. The van der Waals surface area contributed by atoms with Crippen LogP contribution in [0.5, 0.6) is 11.5 Å². The van der Waals surface area contributed by atoms with Crippen molar-refractivity contribution in [1.82, 2.24) is 0 Å². The standard InChI is InChI=1S/C18H19FO.CH4/c1-18(2,3)14-6-8-16-12(10-14)4-5-13-11-15(19)7-9-17(13)20-16;/h6-11H,4-5H2,1-3H3;1H4. The Morgan fingerprint density at radius 3 is 2.10 bits per heavy atom. The zero-order valence-electron chi connectivity index (χ0n) is 12.2. The second-order valence-electron chi connectivity index (χ2n) is 6.43. The van der Waals surface area contributed by atoms with Crippen molar-refractivity contribution in [2.45, 2.75) is 46.5 Å². The average molecular weight is 286 g/mol. The van der Waals surface area contributed by atoms with Crippen molar-refractivity contribution in [1.29, 1.82) is 0 Å². The Balaban J connectivity index is 0.00000161. The number of hydrogen-bond donors (Lipinski definition) is 0. The van der Waals surface area contributed by atoms with Crippen LogP contribution < -0.4 is 4.74 Å². The zero-order chi connectivity index (χ0) is 14.3. The van der Waals surface area contributed by atoms with E-state index < -0.39 is 0 Å². The second kappa shape index (κ2) is 5.51. The number of rotatable bonds is 0. The van der Waals surface area contributed by atoms with Crippen LogP contribution in [-0.2, 0) is 18.3 Å². The number of benzene rings is 2. The molecule has 3 rings (SSSR count). The van der Waals surface area contributed by atoms with Gasteiger partial charge in [0.2, 0.25) is 0 Å². The van der Waals surface area contributed by atoms with Crippen LogP contribution in [-0.4, -0.2) is 0 Å². The van der Waals surface area contributed by atoms with Gasteiger partial charge in [-0.2, -0.15) is 0 Å². The van der Waals surface area contributed by atoms with E-state index in [2.05, 4.69) is 32.9 Å². The predicted molar refractivity (Wildman–Crippen MR) is 85.8 cm³/mol. The normalized spacial score (nSPS) is 13.3. The minimum absolute atomic E-state index is 0. The van der Waals surface area contributed by atoms with Crippen LogP contribution in [0.2, 0.25) is 0 Å². The van der Waals surface area contributed by atoms with Gasteiger partial charge in [-0.05, 0) is 59.2 Å². The summed E-state index contributed by atoms with van der Waals surface area (Å²) < 4.78 is 19.3. The second-order valence-corrected chi connectivity index (χ2v) is 6.43. The lowest BCUT2D eigenvalue weighted by atomic mass is 9.85. The first kappa shape index (κ1) is 15.6. The topological polar surface area (TPSA) is 9.23 Å². The molecule has 0 N–H and O–H groups in total. The van der Waals surface area contributed by atoms with Crippen LogP contribution in [0.4, 0.5) is 4.39 Å². The third kappa shape index (κ3) is 3.10. The molecule has 0 bridgehead atoms. The van der Waals surface area contributed by atoms with Crippen molar-refractivity contribution >= 4 is 0 Å². The molecule has 0 radical (unpaired) electrons. The highest BCUT2D eigenvalue weighted by Gasteiger charge is 2.19. The molecule has 112 valence electrons. The molecule has 0 unspecified atom stereocenters. The summed E-state index contributed by atoms with van der Waals surface area (Å²) >= 11 is 0. The molecule has 0 aliphatic carbocycles. The third-order valence-electron chi connectivity index (χ3n) is 3.83. The highest BCUT2D eigenvalue weighted by atomic mass is 19.1. The van der Waals surface area contributed by atoms with Crippen molar-refractivity contribution in [3.8, 4) is 11.5 Å². The fourth-order valence-electron chi connectivity index (χ4n) is 2.57. The molecule has 1 aliphatic rings. The van der Waals surface area contributed by atoms with Crippen LogP contribution in [0.15, 0.2) is 36.4 Å². The van der Waals surface area contributed by atoms with Crippen molar-refractivity contribution in [3.63, 3.8) is 0 Å². The molecule has 1 nitrogen and oxygen atoms in total. The maximum Gasteiger partial charge on any atom is 0.130 e. The monoisotopic (exact) mass is 286 g/mol. The van der Waals surface area contributed by atoms with Crippen molar-refractivity contribution in [2.24, 2.45) is 0 Å². The molecule has 0 aromatic heterocycles. The number of hydrogen-bond acceptors (Lipinski definition) is 1. The van der Waals surface area contributed by atoms with Gasteiger partial charge in [0.1, 0.15) is 17.3 Å². The molecule has 1 heterocycles. The summed E-state index contributed by atoms with van der Waals surface area (Å²) in [4.78, 5) is 0. The van der Waals surface area contributed by atoms with E-state index in [1.165, 1.54) is 17.2 Å². The van der Waals surface area contributed by atoms with E-state index in [0.717, 1.165) is 29.9 Å². The molecule has 0 saturated heterocycles. The molecule has 2 aromatic rings. The van der Waals surface area contributed by atoms with E-state index in [0.29, 0.717) is 0 Å². The minimum atomic E-state index is -0.200. The summed E-state index contributed by atoms with van der Waals surface area (Å²) in [6.45, 7) is 6.61. The first-order valence-electron chi connectivity index (χ1n) is 7.03. The van der Waals surface area contributed by atoms with E-state index in [1.807, 2.05) is 6.07 Å². The van der Waals surface area contributed by atoms with Gasteiger partial charge in [-0.3, -0.25) is 0 Å². The summed E-state index contributed by atoms with van der Waals surface area (Å²) in [6.07, 6.45) is 1.70. The largest absolute Gasteiger partial charge is 0.457 e. The molecule has 21 heavy (non-hydrogen) atoms. The van der Waals surface area contributed by atoms with E-state index in [9.17, 15) is 4.39 Å². The SMILES string of the molecule is C.CC(C)(C)c1ccc2c(c1)CCc1cc(F)ccc1O2. The Hall–Kier alpha value is -1.83. The van der Waals surface area contributed by atoms with Gasteiger partial charge < -0.3 is 4.74 Å². The highest BCUT2D eigenvalue weighted by Crippen LogP contribution is 2.36. The quantitative estimate of drug-likeness (QED) is 0.608. The first-order valence-corrected chi connectivity index (χ1v) is 7.03. The maximum atomic E-state index is 13.3. The Morgan fingerprint density at radius 2 is 1.48 bits per heavy atom. The Bertz CT molecular complexity index is 653. The molecule has 0 spiro atoms. The van der Waals surface area contributed by atoms with E-state index in [1.54, 1.807) is 12.1 Å². The summed E-state index contributed by atoms with van der Waals surface area (Å²) in [7, 11) is 0. The summed E-state index contributed by atoms with van der Waals surface area (Å²) in [5.74, 6) is 1.46. The maximum absolute atomic E-state index is 13.3. The molecular weight excluding hydrogens is 263 g/mol. The molecule has 2 heteroatoms. The molecule has 0 atom stereocenters. The van der Waals surface area contributed by atoms with Crippen LogP contribution in [0.1, 0.15) is 44.9 Å². The van der Waals surface area contributed by atoms with E-state index >= 15 is 0 Å². The van der Waals surface area contributed by atoms with Gasteiger partial charge in [0.05, 0.1) is 0 Å². The molecule has 0 saturated carbocycles. The number of halogens is 1. The zero-order valence-corrected chi connectivity index (χ0v) is 12.2. The molecule has 2 aromatic carbocycles. The van der Waals surface area contributed by atoms with Gasteiger partial charge in [0.15, 0.2) is 0 Å². The summed E-state index contributed by atoms with van der Waals surface area (Å²) in [5, 5.41) is 0. The van der Waals surface area contributed by atoms with Crippen LogP contribution in [0.25, 0.3) is 0 Å². The van der Waals surface area contributed by atoms with Gasteiger partial charge >= 0.3 is 0 Å². The van der Waals surface area contributed by atoms with Gasteiger partial charge in [0.25, 0.3) is 0 Å². The van der Waals surface area contributed by atoms with E-state index in [-0.39, 0.29) is 18.7 Å². The van der Waals surface area contributed by atoms with Gasteiger partial charge in [0, 0.05) is 0 Å². The smallest absolute Gasteiger partial charge is 0.130 e. The van der Waals surface area contributed by atoms with Crippen molar-refractivity contribution < 1.29 is 9.13 Å². The van der Waals surface area contributed by atoms with Crippen LogP contribution in [0.3, 0.4) is 0 Å². The molecule has 1 aliphatic heterocycles. The lowest BCUT2D eigenvalue weighted by Crippen LogP contribution is -2.11. The lowest BCUT2D eigenvalue weighted by Gasteiger charge is -2.20. The molecule has 0 fully saturated rings. The fraction of sp³-hybridized carbons (Fsp3) is 0.368. The first-order chi connectivity index (χ1) is 9.43. The van der Waals surface area contributed by atoms with Crippen LogP contribution in [0, 0.1) is 5.82 Å². The van der Waals surface area contributed by atoms with Crippen molar-refractivity contribution in [2.75, 3.05) is 0 Å². The van der Waals surface area contributed by atoms with Crippen LogP contribution >= 0.6 is 0 Å². The summed E-state index contributed by atoms with van der Waals surface area (Å²) in [5.41, 5.74) is 3.57. The molecule has 0 amide bonds. The minimum Gasteiger partial charge on any atom is -0.457 e. The van der Waals surface area contributed by atoms with Gasteiger partial charge in [-0.25, -0.2) is 4.39 Å². The predicted octanol–water partition coefficient (Wildman–Crippen LogP) is 5.65. The number of ether oxygens (including phenoxy) is 1. The average Bonchev–Trinajstić information content (AvgIpc) is 2.56. The lowest BCUT2D eigenvalue weighted by molar-refractivity contribution is 0.475. The van der Waals surface area contributed by atoms with Crippen molar-refractivity contribution in [3.05, 3.63) is 58.9 Å². The third-order valence-corrected chi connectivity index (χ3v) is 3.83. The fourth-order valence-corrected chi connectivity index (χ4v) is 2.57. The molecular formula is C19H23FO.